The van der Waals surface area contributed by atoms with Crippen molar-refractivity contribution in [3.05, 3.63) is 33.8 Å². The van der Waals surface area contributed by atoms with E-state index in [-0.39, 0.29) is 6.04 Å². The quantitative estimate of drug-likeness (QED) is 0.826. The molecular formula is C15H20Cl2N2O2S. The Hall–Kier alpha value is -0.330. The SMILES string of the molecule is O=S1(=O)CC[C@@H](N2CCN(Cc3ccc(Cl)cc3Cl)CC2)C1. The van der Waals surface area contributed by atoms with Crippen LogP contribution in [0.15, 0.2) is 18.2 Å². The molecule has 2 saturated heterocycles. The smallest absolute Gasteiger partial charge is 0.151 e. The summed E-state index contributed by atoms with van der Waals surface area (Å²) in [6.45, 7) is 4.54. The second-order valence-electron chi connectivity index (χ2n) is 6.10. The average molecular weight is 363 g/mol. The molecule has 3 rings (SSSR count). The number of halogens is 2. The summed E-state index contributed by atoms with van der Waals surface area (Å²) in [4.78, 5) is 4.68. The van der Waals surface area contributed by atoms with E-state index in [1.54, 1.807) is 6.07 Å². The molecule has 0 aromatic heterocycles. The lowest BCUT2D eigenvalue weighted by Gasteiger charge is -2.37. The van der Waals surface area contributed by atoms with Gasteiger partial charge in [-0.3, -0.25) is 9.80 Å². The number of benzene rings is 1. The van der Waals surface area contributed by atoms with Crippen LogP contribution in [0, 0.1) is 0 Å². The molecule has 0 radical (unpaired) electrons. The maximum Gasteiger partial charge on any atom is 0.151 e. The second-order valence-corrected chi connectivity index (χ2v) is 9.18. The summed E-state index contributed by atoms with van der Waals surface area (Å²) in [5.41, 5.74) is 1.09. The van der Waals surface area contributed by atoms with Gasteiger partial charge in [0.2, 0.25) is 0 Å². The van der Waals surface area contributed by atoms with Crippen molar-refractivity contribution in [2.45, 2.75) is 19.0 Å². The highest BCUT2D eigenvalue weighted by atomic mass is 35.5. The lowest BCUT2D eigenvalue weighted by atomic mass is 10.1. The van der Waals surface area contributed by atoms with Gasteiger partial charge in [0.05, 0.1) is 11.5 Å². The molecule has 0 spiro atoms. The number of sulfone groups is 1. The van der Waals surface area contributed by atoms with E-state index in [1.807, 2.05) is 12.1 Å². The summed E-state index contributed by atoms with van der Waals surface area (Å²) in [6, 6.07) is 5.83. The number of piperazine rings is 1. The van der Waals surface area contributed by atoms with Gasteiger partial charge in [-0.05, 0) is 24.1 Å². The molecule has 4 nitrogen and oxygen atoms in total. The van der Waals surface area contributed by atoms with E-state index in [4.69, 9.17) is 23.2 Å². The minimum Gasteiger partial charge on any atom is -0.297 e. The Kier molecular flexibility index (Phi) is 5.00. The lowest BCUT2D eigenvalue weighted by molar-refractivity contribution is 0.100. The minimum absolute atomic E-state index is 0.214. The molecule has 1 aromatic carbocycles. The molecule has 0 N–H and O–H groups in total. The van der Waals surface area contributed by atoms with Crippen LogP contribution in [0.25, 0.3) is 0 Å². The van der Waals surface area contributed by atoms with Gasteiger partial charge in [0, 0.05) is 48.8 Å². The number of hydrogen-bond acceptors (Lipinski definition) is 4. The summed E-state index contributed by atoms with van der Waals surface area (Å²) in [5, 5.41) is 1.36. The Morgan fingerprint density at radius 1 is 1.14 bits per heavy atom. The van der Waals surface area contributed by atoms with Gasteiger partial charge < -0.3 is 0 Å². The average Bonchev–Trinajstić information content (AvgIpc) is 2.83. The summed E-state index contributed by atoms with van der Waals surface area (Å²) in [5.74, 6) is 0.675. The topological polar surface area (TPSA) is 40.6 Å². The van der Waals surface area contributed by atoms with Crippen molar-refractivity contribution in [2.75, 3.05) is 37.7 Å². The van der Waals surface area contributed by atoms with Crippen LogP contribution < -0.4 is 0 Å². The van der Waals surface area contributed by atoms with E-state index in [9.17, 15) is 8.42 Å². The van der Waals surface area contributed by atoms with Gasteiger partial charge >= 0.3 is 0 Å². The van der Waals surface area contributed by atoms with Crippen molar-refractivity contribution in [1.29, 1.82) is 0 Å². The molecular weight excluding hydrogens is 343 g/mol. The van der Waals surface area contributed by atoms with Crippen LogP contribution in [0.3, 0.4) is 0 Å². The van der Waals surface area contributed by atoms with Crippen LogP contribution in [-0.2, 0) is 16.4 Å². The molecule has 2 aliphatic heterocycles. The van der Waals surface area contributed by atoms with Crippen molar-refractivity contribution in [1.82, 2.24) is 9.80 Å². The predicted molar refractivity (Wildman–Crippen MR) is 90.4 cm³/mol. The normalized spacial score (nSPS) is 26.4. The van der Waals surface area contributed by atoms with E-state index in [0.29, 0.717) is 21.6 Å². The monoisotopic (exact) mass is 362 g/mol. The molecule has 0 amide bonds. The minimum atomic E-state index is -2.80. The molecule has 0 saturated carbocycles. The Balaban J connectivity index is 1.54. The zero-order chi connectivity index (χ0) is 15.7. The van der Waals surface area contributed by atoms with E-state index in [1.165, 1.54) is 0 Å². The van der Waals surface area contributed by atoms with Crippen molar-refractivity contribution < 1.29 is 8.42 Å². The fourth-order valence-corrected chi connectivity index (χ4v) is 5.47. The third-order valence-electron chi connectivity index (χ3n) is 4.54. The summed E-state index contributed by atoms with van der Waals surface area (Å²) in [6.07, 6.45) is 0.783. The molecule has 22 heavy (non-hydrogen) atoms. The van der Waals surface area contributed by atoms with Gasteiger partial charge in [0.1, 0.15) is 0 Å². The maximum atomic E-state index is 11.6. The molecule has 7 heteroatoms. The van der Waals surface area contributed by atoms with Crippen LogP contribution in [0.1, 0.15) is 12.0 Å². The lowest BCUT2D eigenvalue weighted by Crippen LogP contribution is -2.50. The van der Waals surface area contributed by atoms with Gasteiger partial charge in [-0.2, -0.15) is 0 Å². The first kappa shape index (κ1) is 16.5. The first-order valence-corrected chi connectivity index (χ1v) is 10.1. The van der Waals surface area contributed by atoms with Gasteiger partial charge in [-0.15, -0.1) is 0 Å². The Morgan fingerprint density at radius 3 is 2.45 bits per heavy atom. The zero-order valence-corrected chi connectivity index (χ0v) is 14.7. The molecule has 2 heterocycles. The van der Waals surface area contributed by atoms with Crippen LogP contribution in [-0.4, -0.2) is 61.9 Å². The van der Waals surface area contributed by atoms with Gasteiger partial charge in [-0.1, -0.05) is 29.3 Å². The third-order valence-corrected chi connectivity index (χ3v) is 6.88. The highest BCUT2D eigenvalue weighted by Gasteiger charge is 2.33. The van der Waals surface area contributed by atoms with E-state index < -0.39 is 9.84 Å². The molecule has 1 atom stereocenters. The van der Waals surface area contributed by atoms with Crippen LogP contribution >= 0.6 is 23.2 Å². The van der Waals surface area contributed by atoms with Crippen molar-refractivity contribution >= 4 is 33.0 Å². The number of rotatable bonds is 3. The Bertz CT molecular complexity index is 643. The molecule has 2 aliphatic rings. The standard InChI is InChI=1S/C15H20Cl2N2O2S/c16-13-2-1-12(15(17)9-13)10-18-4-6-19(7-5-18)14-3-8-22(20,21)11-14/h1-2,9,14H,3-8,10-11H2/t14-/m1/s1. The highest BCUT2D eigenvalue weighted by Crippen LogP contribution is 2.24. The molecule has 0 unspecified atom stereocenters. The van der Waals surface area contributed by atoms with Crippen LogP contribution in [0.4, 0.5) is 0 Å². The van der Waals surface area contributed by atoms with Gasteiger partial charge in [0.25, 0.3) is 0 Å². The molecule has 0 aliphatic carbocycles. The Labute approximate surface area is 141 Å². The maximum absolute atomic E-state index is 11.6. The molecule has 0 bridgehead atoms. The fourth-order valence-electron chi connectivity index (χ4n) is 3.24. The van der Waals surface area contributed by atoms with E-state index in [0.717, 1.165) is 44.7 Å². The summed E-state index contributed by atoms with van der Waals surface area (Å²) in [7, 11) is -2.80. The van der Waals surface area contributed by atoms with Gasteiger partial charge in [-0.25, -0.2) is 8.42 Å². The van der Waals surface area contributed by atoms with Crippen LogP contribution in [0.2, 0.25) is 10.0 Å². The summed E-state index contributed by atoms with van der Waals surface area (Å²) < 4.78 is 23.2. The van der Waals surface area contributed by atoms with Crippen LogP contribution in [0.5, 0.6) is 0 Å². The first-order chi connectivity index (χ1) is 10.4. The molecule has 1 aromatic rings. The first-order valence-electron chi connectivity index (χ1n) is 7.54. The Morgan fingerprint density at radius 2 is 1.86 bits per heavy atom. The van der Waals surface area contributed by atoms with Gasteiger partial charge in [0.15, 0.2) is 9.84 Å². The van der Waals surface area contributed by atoms with E-state index >= 15 is 0 Å². The number of hydrogen-bond donors (Lipinski definition) is 0. The zero-order valence-electron chi connectivity index (χ0n) is 12.3. The summed E-state index contributed by atoms with van der Waals surface area (Å²) >= 11 is 12.1. The predicted octanol–water partition coefficient (Wildman–Crippen LogP) is 2.30. The largest absolute Gasteiger partial charge is 0.297 e. The number of nitrogens with zero attached hydrogens (tertiary/aromatic N) is 2. The fraction of sp³-hybridized carbons (Fsp3) is 0.600. The van der Waals surface area contributed by atoms with Crippen molar-refractivity contribution in [2.24, 2.45) is 0 Å². The van der Waals surface area contributed by atoms with Crippen molar-refractivity contribution in [3.63, 3.8) is 0 Å². The highest BCUT2D eigenvalue weighted by molar-refractivity contribution is 7.91. The molecule has 2 fully saturated rings. The van der Waals surface area contributed by atoms with E-state index in [2.05, 4.69) is 9.80 Å². The third kappa shape index (κ3) is 3.95. The molecule has 122 valence electrons. The van der Waals surface area contributed by atoms with Crippen molar-refractivity contribution in [3.8, 4) is 0 Å². The second kappa shape index (κ2) is 6.65.